The fourth-order valence-electron chi connectivity index (χ4n) is 3.44. The van der Waals surface area contributed by atoms with Crippen molar-refractivity contribution in [3.8, 4) is 0 Å². The number of aromatic amines is 2. The number of hydrogen-bond acceptors (Lipinski definition) is 2. The number of aromatic nitrogens is 4. The van der Waals surface area contributed by atoms with E-state index < -0.39 is 0 Å². The van der Waals surface area contributed by atoms with Crippen molar-refractivity contribution in [2.75, 3.05) is 0 Å². The summed E-state index contributed by atoms with van der Waals surface area (Å²) in [5.41, 5.74) is 8.94. The maximum atomic E-state index is 4.77. The van der Waals surface area contributed by atoms with E-state index in [2.05, 4.69) is 58.5 Å². The maximum Gasteiger partial charge on any atom is 0.0431 e. The van der Waals surface area contributed by atoms with Gasteiger partial charge in [0.15, 0.2) is 0 Å². The Balaban J connectivity index is 1.82. The predicted molar refractivity (Wildman–Crippen MR) is 95.8 cm³/mol. The summed E-state index contributed by atoms with van der Waals surface area (Å²) in [6.45, 7) is 0. The van der Waals surface area contributed by atoms with Crippen molar-refractivity contribution in [2.45, 2.75) is 25.7 Å². The molecule has 2 aliphatic heterocycles. The Bertz CT molecular complexity index is 989. The summed E-state index contributed by atoms with van der Waals surface area (Å²) < 4.78 is 0. The first-order valence-corrected chi connectivity index (χ1v) is 8.44. The molecule has 0 radical (unpaired) electrons. The number of aryl methyl sites for hydroxylation is 4. The second-order valence-corrected chi connectivity index (χ2v) is 6.50. The molecule has 8 bridgehead atoms. The Kier molecular flexibility index (Phi) is 3.01. The zero-order chi connectivity index (χ0) is 15.9. The molecule has 0 atom stereocenters. The molecule has 0 saturated carbocycles. The molecule has 118 valence electrons. The van der Waals surface area contributed by atoms with Crippen LogP contribution in [0.1, 0.15) is 22.8 Å². The summed E-state index contributed by atoms with van der Waals surface area (Å²) in [7, 11) is 0. The Labute approximate surface area is 139 Å². The minimum Gasteiger partial charge on any atom is -0.355 e. The predicted octanol–water partition coefficient (Wildman–Crippen LogP) is 3.89. The second-order valence-electron chi connectivity index (χ2n) is 6.50. The van der Waals surface area contributed by atoms with E-state index in [0.717, 1.165) is 70.5 Å². The van der Waals surface area contributed by atoms with Crippen molar-refractivity contribution in [2.24, 2.45) is 0 Å². The van der Waals surface area contributed by atoms with E-state index in [4.69, 9.17) is 9.97 Å². The van der Waals surface area contributed by atoms with Gasteiger partial charge in [0, 0.05) is 44.8 Å². The molecule has 4 heteroatoms. The summed E-state index contributed by atoms with van der Waals surface area (Å²) in [6, 6.07) is 17.0. The molecule has 0 amide bonds. The molecule has 2 N–H and O–H groups in total. The van der Waals surface area contributed by atoms with Crippen LogP contribution in [0.15, 0.2) is 48.5 Å². The Hall–Kier alpha value is -2.88. The van der Waals surface area contributed by atoms with Crippen molar-refractivity contribution in [1.29, 1.82) is 0 Å². The van der Waals surface area contributed by atoms with Gasteiger partial charge in [0.05, 0.1) is 0 Å². The van der Waals surface area contributed by atoms with E-state index in [-0.39, 0.29) is 0 Å². The van der Waals surface area contributed by atoms with Crippen molar-refractivity contribution in [1.82, 2.24) is 19.9 Å². The molecule has 3 aromatic heterocycles. The molecule has 0 fully saturated rings. The fourth-order valence-corrected chi connectivity index (χ4v) is 3.44. The Morgan fingerprint density at radius 1 is 0.500 bits per heavy atom. The lowest BCUT2D eigenvalue weighted by atomic mass is 10.2. The van der Waals surface area contributed by atoms with Gasteiger partial charge in [-0.25, -0.2) is 0 Å². The molecule has 0 saturated heterocycles. The van der Waals surface area contributed by atoms with Gasteiger partial charge in [0.2, 0.25) is 0 Å². The zero-order valence-corrected chi connectivity index (χ0v) is 13.3. The first kappa shape index (κ1) is 13.5. The molecule has 0 unspecified atom stereocenters. The first-order chi connectivity index (χ1) is 11.8. The molecule has 0 aromatic carbocycles. The lowest BCUT2D eigenvalue weighted by molar-refractivity contribution is 0.999. The van der Waals surface area contributed by atoms with Gasteiger partial charge in [-0.3, -0.25) is 9.97 Å². The maximum absolute atomic E-state index is 4.77. The SMILES string of the molecule is c1c2nc(cc3ccc(cc4ccc(cc5nc1CC5)[nH]4)[nH]3)CC2. The van der Waals surface area contributed by atoms with Gasteiger partial charge in [-0.05, 0) is 74.2 Å². The fraction of sp³-hybridized carbons (Fsp3) is 0.200. The van der Waals surface area contributed by atoms with Crippen LogP contribution in [0.25, 0.3) is 22.1 Å². The topological polar surface area (TPSA) is 57.4 Å². The number of H-pyrrole nitrogens is 2. The van der Waals surface area contributed by atoms with Gasteiger partial charge in [0.1, 0.15) is 0 Å². The molecular formula is C20H18N4. The zero-order valence-electron chi connectivity index (χ0n) is 13.3. The number of hydrogen-bond donors (Lipinski definition) is 2. The monoisotopic (exact) mass is 314 g/mol. The van der Waals surface area contributed by atoms with Crippen LogP contribution in [0.4, 0.5) is 0 Å². The standard InChI is InChI=1S/C20H18N4/c1-2-14-10-16-5-6-18(23-16)12-20-8-7-19(24-20)11-17-4-3-15(22-17)9-13(1)21-14/h1-4,9-12,21-22H,5-8H2. The summed E-state index contributed by atoms with van der Waals surface area (Å²) in [4.78, 5) is 16.4. The van der Waals surface area contributed by atoms with E-state index in [1.54, 1.807) is 0 Å². The molecule has 2 aliphatic rings. The highest BCUT2D eigenvalue weighted by Gasteiger charge is 2.09. The highest BCUT2D eigenvalue weighted by molar-refractivity contribution is 5.67. The molecule has 3 aromatic rings. The first-order valence-electron chi connectivity index (χ1n) is 8.44. The van der Waals surface area contributed by atoms with Crippen LogP contribution in [0.2, 0.25) is 0 Å². The van der Waals surface area contributed by atoms with Crippen LogP contribution in [0, 0.1) is 0 Å². The van der Waals surface area contributed by atoms with E-state index in [1.807, 2.05) is 0 Å². The average Bonchev–Trinajstić information content (AvgIpc) is 3.32. The van der Waals surface area contributed by atoms with Gasteiger partial charge in [-0.1, -0.05) is 0 Å². The van der Waals surface area contributed by atoms with Gasteiger partial charge in [0.25, 0.3) is 0 Å². The number of nitrogens with one attached hydrogen (secondary N) is 2. The minimum absolute atomic E-state index is 0.999. The second kappa shape index (κ2) is 5.34. The van der Waals surface area contributed by atoms with Gasteiger partial charge in [-0.2, -0.15) is 0 Å². The molecule has 5 rings (SSSR count). The van der Waals surface area contributed by atoms with Crippen LogP contribution in [0.5, 0.6) is 0 Å². The van der Waals surface area contributed by atoms with Crippen LogP contribution in [0.3, 0.4) is 0 Å². The number of nitrogens with zero attached hydrogens (tertiary/aromatic N) is 2. The third kappa shape index (κ3) is 2.60. The molecule has 5 heterocycles. The van der Waals surface area contributed by atoms with E-state index in [1.165, 1.54) is 0 Å². The smallest absolute Gasteiger partial charge is 0.0431 e. The largest absolute Gasteiger partial charge is 0.355 e. The van der Waals surface area contributed by atoms with E-state index in [9.17, 15) is 0 Å². The molecule has 4 nitrogen and oxygen atoms in total. The Morgan fingerprint density at radius 3 is 1.33 bits per heavy atom. The van der Waals surface area contributed by atoms with Crippen molar-refractivity contribution in [3.05, 3.63) is 71.3 Å². The minimum atomic E-state index is 0.999. The number of rotatable bonds is 0. The van der Waals surface area contributed by atoms with Gasteiger partial charge < -0.3 is 9.97 Å². The van der Waals surface area contributed by atoms with Crippen LogP contribution in [-0.2, 0) is 25.7 Å². The molecule has 0 aliphatic carbocycles. The normalized spacial score (nSPS) is 14.0. The number of fused-ring (bicyclic) bond motifs is 8. The third-order valence-corrected chi connectivity index (χ3v) is 4.60. The molecule has 24 heavy (non-hydrogen) atoms. The van der Waals surface area contributed by atoms with Crippen molar-refractivity contribution < 1.29 is 0 Å². The quantitative estimate of drug-likeness (QED) is 0.661. The summed E-state index contributed by atoms with van der Waals surface area (Å²) in [5, 5.41) is 0. The third-order valence-electron chi connectivity index (χ3n) is 4.60. The summed E-state index contributed by atoms with van der Waals surface area (Å²) >= 11 is 0. The van der Waals surface area contributed by atoms with E-state index >= 15 is 0 Å². The van der Waals surface area contributed by atoms with Gasteiger partial charge in [-0.15, -0.1) is 0 Å². The summed E-state index contributed by atoms with van der Waals surface area (Å²) in [6.07, 6.45) is 4.01. The highest BCUT2D eigenvalue weighted by Crippen LogP contribution is 2.16. The lowest BCUT2D eigenvalue weighted by Gasteiger charge is -1.86. The highest BCUT2D eigenvalue weighted by atomic mass is 14.8. The lowest BCUT2D eigenvalue weighted by Crippen LogP contribution is -1.82. The molecular weight excluding hydrogens is 296 g/mol. The van der Waals surface area contributed by atoms with Crippen LogP contribution < -0.4 is 0 Å². The average molecular weight is 314 g/mol. The molecule has 0 spiro atoms. The Morgan fingerprint density at radius 2 is 0.875 bits per heavy atom. The van der Waals surface area contributed by atoms with Gasteiger partial charge >= 0.3 is 0 Å². The van der Waals surface area contributed by atoms with Crippen molar-refractivity contribution >= 4 is 22.1 Å². The summed E-state index contributed by atoms with van der Waals surface area (Å²) in [5.74, 6) is 0. The van der Waals surface area contributed by atoms with E-state index in [0.29, 0.717) is 0 Å². The van der Waals surface area contributed by atoms with Crippen molar-refractivity contribution in [3.63, 3.8) is 0 Å². The van der Waals surface area contributed by atoms with Crippen LogP contribution in [-0.4, -0.2) is 19.9 Å². The van der Waals surface area contributed by atoms with Crippen LogP contribution >= 0.6 is 0 Å².